The topological polar surface area (TPSA) is 99.9 Å². The molecule has 1 amide bonds. The third kappa shape index (κ3) is 5.44. The fourth-order valence-corrected chi connectivity index (χ4v) is 3.73. The predicted octanol–water partition coefficient (Wildman–Crippen LogP) is 3.67. The molecule has 10 heteroatoms. The maximum Gasteiger partial charge on any atom is 0.247 e. The maximum atomic E-state index is 12.2. The predicted molar refractivity (Wildman–Crippen MR) is 143 cm³/mol. The molecule has 0 fully saturated rings. The number of carbonyl (C=O) groups excluding carboxylic acids is 1. The summed E-state index contributed by atoms with van der Waals surface area (Å²) in [6.45, 7) is 5.17. The first-order valence-electron chi connectivity index (χ1n) is 11.4. The molecule has 0 unspecified atom stereocenters. The molecule has 0 atom stereocenters. The van der Waals surface area contributed by atoms with Gasteiger partial charge in [0.15, 0.2) is 0 Å². The third-order valence-electron chi connectivity index (χ3n) is 5.66. The molecule has 36 heavy (non-hydrogen) atoms. The molecule has 0 saturated carbocycles. The van der Waals surface area contributed by atoms with Crippen molar-refractivity contribution in [3.8, 4) is 17.0 Å². The SMILES string of the molecule is C=CC(=O)Nc1cc(Nc2nccc(-c3cnn4ccccc34)n2)c(OC)cc1N(C)CCN(C)C. The van der Waals surface area contributed by atoms with Crippen molar-refractivity contribution in [3.05, 3.63) is 67.6 Å². The van der Waals surface area contributed by atoms with Gasteiger partial charge in [0.25, 0.3) is 0 Å². The van der Waals surface area contributed by atoms with Gasteiger partial charge in [0.2, 0.25) is 11.9 Å². The minimum atomic E-state index is -0.306. The zero-order chi connectivity index (χ0) is 25.7. The number of ether oxygens (including phenoxy) is 1. The summed E-state index contributed by atoms with van der Waals surface area (Å²) < 4.78 is 7.48. The van der Waals surface area contributed by atoms with E-state index in [0.29, 0.717) is 23.1 Å². The Kier molecular flexibility index (Phi) is 7.45. The smallest absolute Gasteiger partial charge is 0.247 e. The number of nitrogens with one attached hydrogen (secondary N) is 2. The van der Waals surface area contributed by atoms with Crippen LogP contribution >= 0.6 is 0 Å². The van der Waals surface area contributed by atoms with Crippen molar-refractivity contribution in [1.29, 1.82) is 0 Å². The van der Waals surface area contributed by atoms with E-state index in [1.54, 1.807) is 24.0 Å². The van der Waals surface area contributed by atoms with Gasteiger partial charge in [-0.25, -0.2) is 14.5 Å². The van der Waals surface area contributed by atoms with E-state index in [4.69, 9.17) is 9.72 Å². The van der Waals surface area contributed by atoms with Crippen LogP contribution in [-0.2, 0) is 4.79 Å². The second-order valence-electron chi connectivity index (χ2n) is 8.47. The standard InChI is InChI=1S/C26H30N8O2/c1-6-25(35)29-20-15-21(24(36-5)16-23(20)33(4)14-13-32(2)3)31-26-27-11-10-19(30-26)18-17-28-34-12-8-7-9-22(18)34/h6-12,15-17H,1,13-14H2,2-5H3,(H,29,35)(H,27,30,31). The van der Waals surface area contributed by atoms with Crippen LogP contribution in [0.4, 0.5) is 23.0 Å². The van der Waals surface area contributed by atoms with Crippen molar-refractivity contribution >= 4 is 34.4 Å². The Bertz CT molecular complexity index is 1380. The summed E-state index contributed by atoms with van der Waals surface area (Å²) in [6.07, 6.45) is 6.60. The summed E-state index contributed by atoms with van der Waals surface area (Å²) in [5.74, 6) is 0.666. The second kappa shape index (κ2) is 10.9. The Morgan fingerprint density at radius 1 is 1.17 bits per heavy atom. The number of methoxy groups -OCH3 is 1. The van der Waals surface area contributed by atoms with Gasteiger partial charge in [-0.15, -0.1) is 0 Å². The van der Waals surface area contributed by atoms with Gasteiger partial charge in [0.05, 0.1) is 41.6 Å². The van der Waals surface area contributed by atoms with Gasteiger partial charge in [0.1, 0.15) is 5.75 Å². The number of fused-ring (bicyclic) bond motifs is 1. The Morgan fingerprint density at radius 3 is 2.75 bits per heavy atom. The second-order valence-corrected chi connectivity index (χ2v) is 8.47. The van der Waals surface area contributed by atoms with E-state index in [1.165, 1.54) is 6.08 Å². The van der Waals surface area contributed by atoms with Crippen LogP contribution in [0, 0.1) is 0 Å². The van der Waals surface area contributed by atoms with Gasteiger partial charge in [-0.05, 0) is 44.4 Å². The van der Waals surface area contributed by atoms with E-state index in [1.807, 2.05) is 63.7 Å². The molecule has 3 heterocycles. The average molecular weight is 487 g/mol. The summed E-state index contributed by atoms with van der Waals surface area (Å²) in [4.78, 5) is 25.4. The molecule has 186 valence electrons. The van der Waals surface area contributed by atoms with Gasteiger partial charge in [-0.1, -0.05) is 12.6 Å². The number of hydrogen-bond donors (Lipinski definition) is 2. The van der Waals surface area contributed by atoms with Crippen molar-refractivity contribution < 1.29 is 9.53 Å². The summed E-state index contributed by atoms with van der Waals surface area (Å²) >= 11 is 0. The van der Waals surface area contributed by atoms with E-state index in [-0.39, 0.29) is 5.91 Å². The van der Waals surface area contributed by atoms with E-state index in [9.17, 15) is 4.79 Å². The van der Waals surface area contributed by atoms with E-state index in [0.717, 1.165) is 35.6 Å². The van der Waals surface area contributed by atoms with Gasteiger partial charge >= 0.3 is 0 Å². The molecule has 0 radical (unpaired) electrons. The van der Waals surface area contributed by atoms with Crippen molar-refractivity contribution in [1.82, 2.24) is 24.5 Å². The molecule has 0 aliphatic rings. The van der Waals surface area contributed by atoms with Crippen LogP contribution < -0.4 is 20.3 Å². The number of carbonyl (C=O) groups is 1. The number of likely N-dealkylation sites (N-methyl/N-ethyl adjacent to an activating group) is 2. The number of benzene rings is 1. The molecule has 10 nitrogen and oxygen atoms in total. The Labute approximate surface area is 210 Å². The number of nitrogens with zero attached hydrogens (tertiary/aromatic N) is 6. The molecule has 0 aliphatic carbocycles. The minimum absolute atomic E-state index is 0.306. The number of amides is 1. The Morgan fingerprint density at radius 2 is 2.00 bits per heavy atom. The van der Waals surface area contributed by atoms with Gasteiger partial charge in [-0.3, -0.25) is 4.79 Å². The van der Waals surface area contributed by atoms with Crippen LogP contribution in [0.1, 0.15) is 0 Å². The zero-order valence-corrected chi connectivity index (χ0v) is 20.9. The summed E-state index contributed by atoms with van der Waals surface area (Å²) in [7, 11) is 7.60. The number of hydrogen-bond acceptors (Lipinski definition) is 8. The summed E-state index contributed by atoms with van der Waals surface area (Å²) in [6, 6.07) is 11.4. The summed E-state index contributed by atoms with van der Waals surface area (Å²) in [5, 5.41) is 10.5. The average Bonchev–Trinajstić information content (AvgIpc) is 3.32. The third-order valence-corrected chi connectivity index (χ3v) is 5.66. The van der Waals surface area contributed by atoms with Gasteiger partial charge < -0.3 is 25.2 Å². The van der Waals surface area contributed by atoms with Crippen molar-refractivity contribution in [3.63, 3.8) is 0 Å². The zero-order valence-electron chi connectivity index (χ0n) is 20.9. The van der Waals surface area contributed by atoms with Crippen LogP contribution in [0.15, 0.2) is 67.6 Å². The van der Waals surface area contributed by atoms with Crippen LogP contribution in [0.2, 0.25) is 0 Å². The molecule has 0 saturated heterocycles. The normalized spacial score (nSPS) is 10.9. The highest BCUT2D eigenvalue weighted by Gasteiger charge is 2.17. The van der Waals surface area contributed by atoms with Crippen molar-refractivity contribution in [2.24, 2.45) is 0 Å². The van der Waals surface area contributed by atoms with Crippen LogP contribution in [0.3, 0.4) is 0 Å². The van der Waals surface area contributed by atoms with E-state index < -0.39 is 0 Å². The molecule has 0 spiro atoms. The number of anilines is 4. The Hall–Kier alpha value is -4.44. The molecule has 1 aromatic carbocycles. The fraction of sp³-hybridized carbons (Fsp3) is 0.231. The first-order valence-corrected chi connectivity index (χ1v) is 11.4. The molecular weight excluding hydrogens is 456 g/mol. The van der Waals surface area contributed by atoms with Crippen LogP contribution in [-0.4, -0.2) is 71.7 Å². The molecule has 4 rings (SSSR count). The number of pyridine rings is 1. The van der Waals surface area contributed by atoms with E-state index >= 15 is 0 Å². The van der Waals surface area contributed by atoms with Crippen molar-refractivity contribution in [2.75, 3.05) is 56.9 Å². The lowest BCUT2D eigenvalue weighted by Crippen LogP contribution is -2.29. The van der Waals surface area contributed by atoms with Crippen LogP contribution in [0.5, 0.6) is 5.75 Å². The molecule has 0 bridgehead atoms. The highest BCUT2D eigenvalue weighted by atomic mass is 16.5. The lowest BCUT2D eigenvalue weighted by atomic mass is 10.2. The quantitative estimate of drug-likeness (QED) is 0.328. The molecule has 3 aromatic heterocycles. The monoisotopic (exact) mass is 486 g/mol. The lowest BCUT2D eigenvalue weighted by molar-refractivity contribution is -0.111. The molecular formula is C26H30N8O2. The molecule has 2 N–H and O–H groups in total. The first kappa shape index (κ1) is 24.7. The number of aromatic nitrogens is 4. The first-order chi connectivity index (χ1) is 17.4. The van der Waals surface area contributed by atoms with Crippen molar-refractivity contribution in [2.45, 2.75) is 0 Å². The van der Waals surface area contributed by atoms with Gasteiger partial charge in [0, 0.05) is 44.2 Å². The number of rotatable bonds is 10. The lowest BCUT2D eigenvalue weighted by Gasteiger charge is -2.26. The Balaban J connectivity index is 1.69. The van der Waals surface area contributed by atoms with Crippen LogP contribution in [0.25, 0.3) is 16.8 Å². The summed E-state index contributed by atoms with van der Waals surface area (Å²) in [5.41, 5.74) is 4.61. The largest absolute Gasteiger partial charge is 0.494 e. The minimum Gasteiger partial charge on any atom is -0.494 e. The highest BCUT2D eigenvalue weighted by molar-refractivity contribution is 6.02. The highest BCUT2D eigenvalue weighted by Crippen LogP contribution is 2.38. The molecule has 4 aromatic rings. The maximum absolute atomic E-state index is 12.2. The fourth-order valence-electron chi connectivity index (χ4n) is 3.73. The molecule has 0 aliphatic heterocycles. The van der Waals surface area contributed by atoms with Gasteiger partial charge in [-0.2, -0.15) is 5.10 Å². The van der Waals surface area contributed by atoms with E-state index in [2.05, 4.69) is 37.1 Å².